The molecule has 0 spiro atoms. The van der Waals surface area contributed by atoms with Gasteiger partial charge in [0.15, 0.2) is 11.2 Å². The van der Waals surface area contributed by atoms with Crippen LogP contribution in [0.3, 0.4) is 0 Å². The van der Waals surface area contributed by atoms with E-state index in [2.05, 4.69) is 9.97 Å². The lowest BCUT2D eigenvalue weighted by molar-refractivity contribution is 1.06. The highest BCUT2D eigenvalue weighted by atomic mass is 35.5. The van der Waals surface area contributed by atoms with E-state index in [9.17, 15) is 4.79 Å². The first-order valence-corrected chi connectivity index (χ1v) is 11.3. The number of benzene rings is 3. The van der Waals surface area contributed by atoms with E-state index in [1.807, 2.05) is 48.7 Å². The molecule has 33 heavy (non-hydrogen) atoms. The van der Waals surface area contributed by atoms with Crippen molar-refractivity contribution in [2.75, 3.05) is 0 Å². The summed E-state index contributed by atoms with van der Waals surface area (Å²) in [6.07, 6.45) is 0. The molecule has 3 aromatic carbocycles. The van der Waals surface area contributed by atoms with E-state index in [4.69, 9.17) is 39.8 Å². The van der Waals surface area contributed by atoms with Crippen LogP contribution in [-0.4, -0.2) is 19.5 Å². The predicted molar refractivity (Wildman–Crippen MR) is 135 cm³/mol. The Kier molecular flexibility index (Phi) is 5.49. The Bertz CT molecular complexity index is 1590. The van der Waals surface area contributed by atoms with Crippen molar-refractivity contribution in [1.82, 2.24) is 19.5 Å². The molecule has 0 radical (unpaired) electrons. The molecule has 2 aromatic heterocycles. The topological polar surface area (TPSA) is 63.6 Å². The van der Waals surface area contributed by atoms with E-state index in [-0.39, 0.29) is 5.56 Å². The Hall–Kier alpha value is -3.12. The van der Waals surface area contributed by atoms with Crippen LogP contribution in [0.4, 0.5) is 0 Å². The fourth-order valence-electron chi connectivity index (χ4n) is 3.79. The van der Waals surface area contributed by atoms with Crippen LogP contribution in [0.1, 0.15) is 11.1 Å². The summed E-state index contributed by atoms with van der Waals surface area (Å²) < 4.78 is 1.85. The molecule has 0 saturated carbocycles. The average Bonchev–Trinajstić information content (AvgIpc) is 3.16. The second-order valence-corrected chi connectivity index (χ2v) is 9.06. The third-order valence-electron chi connectivity index (χ3n) is 5.42. The van der Waals surface area contributed by atoms with Gasteiger partial charge in [-0.15, -0.1) is 0 Å². The van der Waals surface area contributed by atoms with Crippen LogP contribution in [0.2, 0.25) is 15.1 Å². The zero-order chi connectivity index (χ0) is 23.3. The maximum atomic E-state index is 13.4. The first-order valence-electron chi connectivity index (χ1n) is 10.1. The molecule has 8 heteroatoms. The minimum Gasteiger partial charge on any atom is -0.305 e. The number of fused-ring (bicyclic) bond motifs is 1. The second-order valence-electron chi connectivity index (χ2n) is 7.78. The van der Waals surface area contributed by atoms with Crippen molar-refractivity contribution in [3.8, 4) is 28.5 Å². The molecule has 5 nitrogen and oxygen atoms in total. The van der Waals surface area contributed by atoms with Crippen LogP contribution < -0.4 is 5.56 Å². The number of aryl methyl sites for hydroxylation is 2. The van der Waals surface area contributed by atoms with Crippen molar-refractivity contribution in [1.29, 1.82) is 0 Å². The van der Waals surface area contributed by atoms with Gasteiger partial charge in [0.1, 0.15) is 11.6 Å². The first kappa shape index (κ1) is 21.7. The van der Waals surface area contributed by atoms with E-state index >= 15 is 0 Å². The van der Waals surface area contributed by atoms with Crippen molar-refractivity contribution >= 4 is 46.0 Å². The molecule has 0 bridgehead atoms. The molecule has 0 aliphatic rings. The van der Waals surface area contributed by atoms with Gasteiger partial charge >= 0.3 is 0 Å². The molecular weight excluding hydrogens is 479 g/mol. The molecule has 0 saturated heterocycles. The predicted octanol–water partition coefficient (Wildman–Crippen LogP) is 7.02. The molecule has 164 valence electrons. The van der Waals surface area contributed by atoms with Gasteiger partial charge in [0.2, 0.25) is 0 Å². The molecule has 1 N–H and O–H groups in total. The monoisotopic (exact) mass is 494 g/mol. The maximum absolute atomic E-state index is 13.4. The van der Waals surface area contributed by atoms with Crippen LogP contribution in [0.5, 0.6) is 0 Å². The third kappa shape index (κ3) is 3.93. The quantitative estimate of drug-likeness (QED) is 0.292. The fraction of sp³-hybridized carbons (Fsp3) is 0.0800. The number of aromatic amines is 1. The van der Waals surface area contributed by atoms with Crippen molar-refractivity contribution in [3.63, 3.8) is 0 Å². The molecule has 0 aliphatic carbocycles. The summed E-state index contributed by atoms with van der Waals surface area (Å²) in [6, 6.07) is 18.4. The largest absolute Gasteiger partial charge is 0.305 e. The lowest BCUT2D eigenvalue weighted by Gasteiger charge is -2.13. The SMILES string of the molecule is Cc1ccc(C)c(-n2c(-c3ccc(Cl)cc3)nc3nc(-c4ccc(Cl)cc4Cl)[nH]c(=O)c32)c1. The standard InChI is InChI=1S/C25H17Cl3N4O/c1-13-3-4-14(2)20(11-13)32-21-23(30-24(32)15-5-7-16(26)8-6-15)29-22(31-25(21)33)18-10-9-17(27)12-19(18)28/h3-12H,1-2H3,(H,29,31,33). The fourth-order valence-corrected chi connectivity index (χ4v) is 4.41. The Morgan fingerprint density at radius 2 is 1.58 bits per heavy atom. The summed E-state index contributed by atoms with van der Waals surface area (Å²) in [5.41, 5.74) is 4.63. The van der Waals surface area contributed by atoms with Gasteiger partial charge in [0, 0.05) is 21.2 Å². The van der Waals surface area contributed by atoms with Gasteiger partial charge in [-0.2, -0.15) is 0 Å². The highest BCUT2D eigenvalue weighted by Gasteiger charge is 2.21. The highest BCUT2D eigenvalue weighted by molar-refractivity contribution is 6.36. The lowest BCUT2D eigenvalue weighted by atomic mass is 10.1. The van der Waals surface area contributed by atoms with Crippen LogP contribution >= 0.6 is 34.8 Å². The Labute approximate surface area is 204 Å². The van der Waals surface area contributed by atoms with Crippen LogP contribution in [0, 0.1) is 13.8 Å². The van der Waals surface area contributed by atoms with Gasteiger partial charge in [-0.05, 0) is 73.5 Å². The van der Waals surface area contributed by atoms with Crippen LogP contribution in [0.15, 0.2) is 65.5 Å². The molecule has 5 aromatic rings. The molecule has 0 fully saturated rings. The summed E-state index contributed by atoms with van der Waals surface area (Å²) in [7, 11) is 0. The van der Waals surface area contributed by atoms with Crippen molar-refractivity contribution in [3.05, 3.63) is 97.2 Å². The highest BCUT2D eigenvalue weighted by Crippen LogP contribution is 2.32. The van der Waals surface area contributed by atoms with Gasteiger partial charge in [-0.1, -0.05) is 46.9 Å². The molecule has 0 unspecified atom stereocenters. The number of nitrogens with zero attached hydrogens (tertiary/aromatic N) is 3. The summed E-state index contributed by atoms with van der Waals surface area (Å²) in [5.74, 6) is 0.912. The Morgan fingerprint density at radius 1 is 0.848 bits per heavy atom. The number of rotatable bonds is 3. The number of hydrogen-bond acceptors (Lipinski definition) is 3. The maximum Gasteiger partial charge on any atom is 0.277 e. The molecule has 0 aliphatic heterocycles. The van der Waals surface area contributed by atoms with Gasteiger partial charge in [0.25, 0.3) is 5.56 Å². The zero-order valence-corrected chi connectivity index (χ0v) is 19.9. The van der Waals surface area contributed by atoms with Gasteiger partial charge in [-0.25, -0.2) is 9.97 Å². The first-order chi connectivity index (χ1) is 15.8. The number of hydrogen-bond donors (Lipinski definition) is 1. The van der Waals surface area contributed by atoms with Crippen LogP contribution in [0.25, 0.3) is 39.6 Å². The zero-order valence-electron chi connectivity index (χ0n) is 17.7. The summed E-state index contributed by atoms with van der Waals surface area (Å²) in [6.45, 7) is 4.00. The van der Waals surface area contributed by atoms with Crippen molar-refractivity contribution in [2.24, 2.45) is 0 Å². The summed E-state index contributed by atoms with van der Waals surface area (Å²) in [4.78, 5) is 25.7. The molecule has 0 amide bonds. The smallest absolute Gasteiger partial charge is 0.277 e. The minimum absolute atomic E-state index is 0.311. The normalized spacial score (nSPS) is 11.3. The molecule has 2 heterocycles. The van der Waals surface area contributed by atoms with Gasteiger partial charge in [0.05, 0.1) is 10.7 Å². The minimum atomic E-state index is -0.324. The summed E-state index contributed by atoms with van der Waals surface area (Å²) >= 11 is 18.5. The van der Waals surface area contributed by atoms with Gasteiger partial charge < -0.3 is 4.98 Å². The van der Waals surface area contributed by atoms with E-state index in [0.29, 0.717) is 43.4 Å². The number of H-pyrrole nitrogens is 1. The number of imidazole rings is 1. The van der Waals surface area contributed by atoms with E-state index in [1.165, 1.54) is 0 Å². The third-order valence-corrected chi connectivity index (χ3v) is 6.22. The van der Waals surface area contributed by atoms with Crippen molar-refractivity contribution < 1.29 is 0 Å². The van der Waals surface area contributed by atoms with Crippen LogP contribution in [-0.2, 0) is 0 Å². The molecular formula is C25H17Cl3N4O. The van der Waals surface area contributed by atoms with E-state index in [1.54, 1.807) is 30.3 Å². The Balaban J connectivity index is 1.85. The number of aromatic nitrogens is 4. The molecule has 5 rings (SSSR count). The van der Waals surface area contributed by atoms with E-state index in [0.717, 1.165) is 22.4 Å². The number of nitrogens with one attached hydrogen (secondary N) is 1. The van der Waals surface area contributed by atoms with E-state index < -0.39 is 0 Å². The average molecular weight is 496 g/mol. The number of halogens is 3. The van der Waals surface area contributed by atoms with Gasteiger partial charge in [-0.3, -0.25) is 9.36 Å². The Morgan fingerprint density at radius 3 is 2.30 bits per heavy atom. The lowest BCUT2D eigenvalue weighted by Crippen LogP contribution is -2.14. The summed E-state index contributed by atoms with van der Waals surface area (Å²) in [5, 5.41) is 1.50. The second kappa shape index (κ2) is 8.34. The molecule has 0 atom stereocenters. The van der Waals surface area contributed by atoms with Crippen molar-refractivity contribution in [2.45, 2.75) is 13.8 Å².